The monoisotopic (exact) mass is 294 g/mol. The predicted molar refractivity (Wildman–Crippen MR) is 84.1 cm³/mol. The maximum absolute atomic E-state index is 10.9. The number of nitrogens with one attached hydrogen (secondary N) is 1. The van der Waals surface area contributed by atoms with E-state index in [1.54, 1.807) is 18.2 Å². The van der Waals surface area contributed by atoms with E-state index < -0.39 is 5.97 Å². The number of aromatic carboxylic acids is 1. The summed E-state index contributed by atoms with van der Waals surface area (Å²) in [6.45, 7) is 7.61. The van der Waals surface area contributed by atoms with Crippen molar-refractivity contribution in [2.24, 2.45) is 5.41 Å². The van der Waals surface area contributed by atoms with Gasteiger partial charge in [-0.2, -0.15) is 0 Å². The van der Waals surface area contributed by atoms with E-state index in [4.69, 9.17) is 9.84 Å². The summed E-state index contributed by atoms with van der Waals surface area (Å²) < 4.78 is 5.56. The molecule has 0 aromatic heterocycles. The summed E-state index contributed by atoms with van der Waals surface area (Å²) in [5.41, 5.74) is 0.444. The molecule has 0 atom stereocenters. The molecule has 0 aliphatic heterocycles. The Kier molecular flexibility index (Phi) is 6.65. The first-order chi connectivity index (χ1) is 9.80. The third kappa shape index (κ3) is 7.11. The lowest BCUT2D eigenvalue weighted by Crippen LogP contribution is -2.38. The molecule has 21 heavy (non-hydrogen) atoms. The molecule has 1 aromatic rings. The van der Waals surface area contributed by atoms with Crippen molar-refractivity contribution in [2.75, 3.05) is 40.3 Å². The standard InChI is InChI=1S/C16H26N2O3/c1-16(2,12-18(3)4)11-17-8-9-21-14-7-5-6-13(10-14)15(19)20/h5-7,10,17H,8-9,11-12H2,1-4H3,(H,19,20). The van der Waals surface area contributed by atoms with E-state index in [2.05, 4.69) is 38.2 Å². The van der Waals surface area contributed by atoms with E-state index in [1.165, 1.54) is 6.07 Å². The summed E-state index contributed by atoms with van der Waals surface area (Å²) in [5, 5.41) is 12.3. The summed E-state index contributed by atoms with van der Waals surface area (Å²) >= 11 is 0. The second-order valence-electron chi connectivity index (χ2n) is 6.26. The van der Waals surface area contributed by atoms with Crippen molar-refractivity contribution in [1.82, 2.24) is 10.2 Å². The van der Waals surface area contributed by atoms with Crippen LogP contribution in [0, 0.1) is 5.41 Å². The Morgan fingerprint density at radius 2 is 2.10 bits per heavy atom. The van der Waals surface area contributed by atoms with Crippen LogP contribution in [0.4, 0.5) is 0 Å². The summed E-state index contributed by atoms with van der Waals surface area (Å²) in [4.78, 5) is 13.0. The smallest absolute Gasteiger partial charge is 0.335 e. The maximum atomic E-state index is 10.9. The molecule has 0 bridgehead atoms. The van der Waals surface area contributed by atoms with Gasteiger partial charge in [0.25, 0.3) is 0 Å². The van der Waals surface area contributed by atoms with Crippen LogP contribution in [0.25, 0.3) is 0 Å². The fourth-order valence-electron chi connectivity index (χ4n) is 2.30. The second-order valence-corrected chi connectivity index (χ2v) is 6.26. The van der Waals surface area contributed by atoms with E-state index >= 15 is 0 Å². The fraction of sp³-hybridized carbons (Fsp3) is 0.562. The molecule has 0 radical (unpaired) electrons. The van der Waals surface area contributed by atoms with Gasteiger partial charge in [-0.3, -0.25) is 0 Å². The first-order valence-corrected chi connectivity index (χ1v) is 7.12. The van der Waals surface area contributed by atoms with Crippen molar-refractivity contribution in [3.63, 3.8) is 0 Å². The Morgan fingerprint density at radius 3 is 2.71 bits per heavy atom. The molecule has 2 N–H and O–H groups in total. The quantitative estimate of drug-likeness (QED) is 0.682. The lowest BCUT2D eigenvalue weighted by molar-refractivity contribution is 0.0696. The second kappa shape index (κ2) is 8.00. The zero-order valence-electron chi connectivity index (χ0n) is 13.3. The average Bonchev–Trinajstić information content (AvgIpc) is 2.37. The van der Waals surface area contributed by atoms with Gasteiger partial charge in [0.1, 0.15) is 12.4 Å². The molecule has 1 aromatic carbocycles. The van der Waals surface area contributed by atoms with Gasteiger partial charge >= 0.3 is 5.97 Å². The van der Waals surface area contributed by atoms with Crippen molar-refractivity contribution >= 4 is 5.97 Å². The van der Waals surface area contributed by atoms with Gasteiger partial charge in [0.15, 0.2) is 0 Å². The van der Waals surface area contributed by atoms with Crippen LogP contribution in [0.3, 0.4) is 0 Å². The molecule has 0 saturated carbocycles. The first kappa shape index (κ1) is 17.5. The molecule has 0 spiro atoms. The number of hydrogen-bond donors (Lipinski definition) is 2. The van der Waals surface area contributed by atoms with Gasteiger partial charge in [0.05, 0.1) is 5.56 Å². The van der Waals surface area contributed by atoms with E-state index in [0.717, 1.165) is 19.6 Å². The number of rotatable bonds is 9. The molecule has 0 aliphatic carbocycles. The molecule has 5 nitrogen and oxygen atoms in total. The van der Waals surface area contributed by atoms with Gasteiger partial charge < -0.3 is 20.1 Å². The largest absolute Gasteiger partial charge is 0.492 e. The van der Waals surface area contributed by atoms with Gasteiger partial charge in [-0.25, -0.2) is 4.79 Å². The minimum absolute atomic E-state index is 0.201. The molecule has 0 amide bonds. The number of carbonyl (C=O) groups is 1. The van der Waals surface area contributed by atoms with E-state index in [-0.39, 0.29) is 11.0 Å². The molecule has 0 fully saturated rings. The lowest BCUT2D eigenvalue weighted by atomic mass is 9.93. The zero-order chi connectivity index (χ0) is 15.9. The van der Waals surface area contributed by atoms with Gasteiger partial charge in [0, 0.05) is 19.6 Å². The third-order valence-corrected chi connectivity index (χ3v) is 2.98. The fourth-order valence-corrected chi connectivity index (χ4v) is 2.30. The molecule has 118 valence electrons. The van der Waals surface area contributed by atoms with Crippen LogP contribution < -0.4 is 10.1 Å². The lowest BCUT2D eigenvalue weighted by Gasteiger charge is -2.28. The van der Waals surface area contributed by atoms with E-state index in [1.807, 2.05) is 0 Å². The van der Waals surface area contributed by atoms with E-state index in [0.29, 0.717) is 12.4 Å². The number of carboxylic acids is 1. The highest BCUT2D eigenvalue weighted by molar-refractivity contribution is 5.87. The van der Waals surface area contributed by atoms with Gasteiger partial charge in [0.2, 0.25) is 0 Å². The average molecular weight is 294 g/mol. The number of nitrogens with zero attached hydrogens (tertiary/aromatic N) is 1. The Balaban J connectivity index is 2.28. The Hall–Kier alpha value is -1.59. The summed E-state index contributed by atoms with van der Waals surface area (Å²) in [6.07, 6.45) is 0. The van der Waals surface area contributed by atoms with Crippen LogP contribution in [0.1, 0.15) is 24.2 Å². The molecule has 5 heteroatoms. The molecule has 0 unspecified atom stereocenters. The minimum Gasteiger partial charge on any atom is -0.492 e. The first-order valence-electron chi connectivity index (χ1n) is 7.12. The normalized spacial score (nSPS) is 11.7. The molecule has 0 saturated heterocycles. The summed E-state index contributed by atoms with van der Waals surface area (Å²) in [5.74, 6) is -0.353. The highest BCUT2D eigenvalue weighted by Gasteiger charge is 2.17. The third-order valence-electron chi connectivity index (χ3n) is 2.98. The highest BCUT2D eigenvalue weighted by atomic mass is 16.5. The Bertz CT molecular complexity index is 459. The van der Waals surface area contributed by atoms with Crippen molar-refractivity contribution in [3.05, 3.63) is 29.8 Å². The molecular formula is C16H26N2O3. The Morgan fingerprint density at radius 1 is 1.38 bits per heavy atom. The SMILES string of the molecule is CN(C)CC(C)(C)CNCCOc1cccc(C(=O)O)c1. The zero-order valence-corrected chi connectivity index (χ0v) is 13.3. The van der Waals surface area contributed by atoms with Crippen LogP contribution in [0.2, 0.25) is 0 Å². The Labute approximate surface area is 126 Å². The van der Waals surface area contributed by atoms with Gasteiger partial charge in [-0.05, 0) is 37.7 Å². The van der Waals surface area contributed by atoms with Crippen LogP contribution >= 0.6 is 0 Å². The molecule has 0 aliphatic rings. The maximum Gasteiger partial charge on any atom is 0.335 e. The van der Waals surface area contributed by atoms with Crippen molar-refractivity contribution in [2.45, 2.75) is 13.8 Å². The van der Waals surface area contributed by atoms with Crippen LogP contribution in [-0.4, -0.2) is 56.3 Å². The summed E-state index contributed by atoms with van der Waals surface area (Å²) in [7, 11) is 4.14. The molecular weight excluding hydrogens is 268 g/mol. The topological polar surface area (TPSA) is 61.8 Å². The van der Waals surface area contributed by atoms with Crippen molar-refractivity contribution in [3.8, 4) is 5.75 Å². The summed E-state index contributed by atoms with van der Waals surface area (Å²) in [6, 6.07) is 6.55. The molecule has 0 heterocycles. The molecule has 1 rings (SSSR count). The highest BCUT2D eigenvalue weighted by Crippen LogP contribution is 2.14. The minimum atomic E-state index is -0.941. The van der Waals surface area contributed by atoms with Crippen molar-refractivity contribution < 1.29 is 14.6 Å². The van der Waals surface area contributed by atoms with Crippen LogP contribution in [-0.2, 0) is 0 Å². The van der Waals surface area contributed by atoms with Crippen LogP contribution in [0.15, 0.2) is 24.3 Å². The van der Waals surface area contributed by atoms with Crippen molar-refractivity contribution in [1.29, 1.82) is 0 Å². The van der Waals surface area contributed by atoms with Gasteiger partial charge in [-0.15, -0.1) is 0 Å². The van der Waals surface area contributed by atoms with E-state index in [9.17, 15) is 4.79 Å². The number of ether oxygens (including phenoxy) is 1. The predicted octanol–water partition coefficient (Wildman–Crippen LogP) is 1.94. The van der Waals surface area contributed by atoms with Gasteiger partial charge in [-0.1, -0.05) is 19.9 Å². The van der Waals surface area contributed by atoms with Crippen LogP contribution in [0.5, 0.6) is 5.75 Å². The number of carboxylic acid groups (broad SMARTS) is 1. The number of hydrogen-bond acceptors (Lipinski definition) is 4. The number of benzene rings is 1.